The molecule has 7 nitrogen and oxygen atoms in total. The average molecular weight is 584 g/mol. The molecule has 0 aromatic heterocycles. The summed E-state index contributed by atoms with van der Waals surface area (Å²) >= 11 is 0. The molecule has 1 aromatic rings. The van der Waals surface area contributed by atoms with Gasteiger partial charge in [-0.2, -0.15) is 0 Å². The van der Waals surface area contributed by atoms with Crippen molar-refractivity contribution < 1.29 is 38.1 Å². The normalized spacial score (nSPS) is 44.1. The van der Waals surface area contributed by atoms with E-state index in [0.717, 1.165) is 11.6 Å². The fourth-order valence-electron chi connectivity index (χ4n) is 10.0. The van der Waals surface area contributed by atoms with Crippen molar-refractivity contribution in [1.29, 1.82) is 0 Å². The number of aliphatic hydroxyl groups is 2. The van der Waals surface area contributed by atoms with Crippen LogP contribution >= 0.6 is 0 Å². The lowest BCUT2D eigenvalue weighted by Gasteiger charge is -2.63. The number of rotatable bonds is 6. The Hall–Kier alpha value is -2.75. The first-order valence-electron chi connectivity index (χ1n) is 14.9. The highest BCUT2D eigenvalue weighted by molar-refractivity contribution is 6.01. The van der Waals surface area contributed by atoms with Crippen molar-refractivity contribution in [3.63, 3.8) is 0 Å². The minimum Gasteiger partial charge on any atom is -0.465 e. The van der Waals surface area contributed by atoms with Crippen molar-refractivity contribution in [3.8, 4) is 0 Å². The number of carbonyl (C=O) groups is 3. The third kappa shape index (κ3) is 3.62. The molecule has 42 heavy (non-hydrogen) atoms. The van der Waals surface area contributed by atoms with Gasteiger partial charge in [-0.05, 0) is 73.6 Å². The largest absolute Gasteiger partial charge is 0.465 e. The zero-order valence-electron chi connectivity index (χ0n) is 24.3. The Balaban J connectivity index is 1.48. The van der Waals surface area contributed by atoms with Gasteiger partial charge in [0.25, 0.3) is 0 Å². The summed E-state index contributed by atoms with van der Waals surface area (Å²) < 4.78 is 39.1. The summed E-state index contributed by atoms with van der Waals surface area (Å²) in [6.07, 6.45) is 0.488. The maximum Gasteiger partial charge on any atom is 0.323 e. The second-order valence-electron chi connectivity index (χ2n) is 13.3. The number of alkyl halides is 2. The molecular weight excluding hydrogens is 544 g/mol. The second-order valence-corrected chi connectivity index (χ2v) is 13.3. The van der Waals surface area contributed by atoms with Crippen molar-refractivity contribution in [3.05, 3.63) is 59.7 Å². The molecule has 226 valence electrons. The molecule has 2 N–H and O–H groups in total. The molecule has 0 spiro atoms. The van der Waals surface area contributed by atoms with E-state index in [1.54, 1.807) is 13.8 Å². The molecule has 9 heteroatoms. The number of ether oxygens (including phenoxy) is 1. The number of halogens is 2. The topological polar surface area (TPSA) is 104 Å². The van der Waals surface area contributed by atoms with Gasteiger partial charge in [0.05, 0.1) is 18.1 Å². The van der Waals surface area contributed by atoms with Crippen LogP contribution in [0.25, 0.3) is 0 Å². The molecule has 0 amide bonds. The van der Waals surface area contributed by atoms with Gasteiger partial charge in [0.15, 0.2) is 17.2 Å². The molecule has 1 heterocycles. The van der Waals surface area contributed by atoms with E-state index < -0.39 is 82.1 Å². The molecule has 1 unspecified atom stereocenters. The van der Waals surface area contributed by atoms with E-state index in [1.807, 2.05) is 42.2 Å². The first-order chi connectivity index (χ1) is 19.9. The zero-order chi connectivity index (χ0) is 30.2. The number of hydrogen-bond acceptors (Lipinski definition) is 7. The quantitative estimate of drug-likeness (QED) is 0.494. The van der Waals surface area contributed by atoms with Crippen LogP contribution in [0.3, 0.4) is 0 Å². The van der Waals surface area contributed by atoms with Gasteiger partial charge in [-0.1, -0.05) is 43.3 Å². The number of carbonyl (C=O) groups excluding carboxylic acids is 3. The van der Waals surface area contributed by atoms with Crippen LogP contribution in [0.1, 0.15) is 45.6 Å². The number of Topliss-reactive ketones (excluding diaryl/α,β-unsaturated/α-hetero) is 1. The van der Waals surface area contributed by atoms with Crippen LogP contribution < -0.4 is 0 Å². The Morgan fingerprint density at radius 1 is 1.12 bits per heavy atom. The summed E-state index contributed by atoms with van der Waals surface area (Å²) in [5.74, 6) is -3.54. The first kappa shape index (κ1) is 29.3. The first-order valence-corrected chi connectivity index (χ1v) is 14.9. The molecule has 10 atom stereocenters. The maximum atomic E-state index is 17.7. The van der Waals surface area contributed by atoms with Gasteiger partial charge in [-0.25, -0.2) is 8.78 Å². The van der Waals surface area contributed by atoms with Gasteiger partial charge in [0, 0.05) is 24.4 Å². The molecule has 1 aliphatic heterocycles. The Morgan fingerprint density at radius 3 is 2.50 bits per heavy atom. The van der Waals surface area contributed by atoms with E-state index in [-0.39, 0.29) is 38.0 Å². The van der Waals surface area contributed by atoms with E-state index in [9.17, 15) is 24.6 Å². The smallest absolute Gasteiger partial charge is 0.323 e. The molecule has 3 saturated carbocycles. The number of allylic oxidation sites excluding steroid dienone is 4. The van der Waals surface area contributed by atoms with E-state index in [1.165, 1.54) is 12.2 Å². The third-order valence-electron chi connectivity index (χ3n) is 11.8. The number of aliphatic hydroxyl groups excluding tert-OH is 2. The monoisotopic (exact) mass is 583 g/mol. The summed E-state index contributed by atoms with van der Waals surface area (Å²) in [5, 5.41) is 22.1. The van der Waals surface area contributed by atoms with Crippen LogP contribution in [-0.2, 0) is 25.7 Å². The number of likely N-dealkylation sites (tertiary alicyclic amines) is 1. The lowest BCUT2D eigenvalue weighted by molar-refractivity contribution is -0.212. The lowest BCUT2D eigenvalue weighted by atomic mass is 9.43. The van der Waals surface area contributed by atoms with Crippen molar-refractivity contribution in [2.24, 2.45) is 34.0 Å². The van der Waals surface area contributed by atoms with Crippen LogP contribution in [0.5, 0.6) is 0 Å². The van der Waals surface area contributed by atoms with Crippen molar-refractivity contribution >= 4 is 17.5 Å². The van der Waals surface area contributed by atoms with Crippen LogP contribution in [0.15, 0.2) is 54.1 Å². The summed E-state index contributed by atoms with van der Waals surface area (Å²) in [6, 6.07) is 8.70. The Labute approximate surface area is 244 Å². The van der Waals surface area contributed by atoms with Crippen LogP contribution in [0.4, 0.5) is 8.78 Å². The van der Waals surface area contributed by atoms with Crippen molar-refractivity contribution in [1.82, 2.24) is 4.90 Å². The zero-order valence-corrected chi connectivity index (χ0v) is 24.3. The minimum absolute atomic E-state index is 0.0363. The van der Waals surface area contributed by atoms with Gasteiger partial charge in [0.1, 0.15) is 18.8 Å². The SMILES string of the molecule is CCOC(=O)C1[C@@H]2C[C@H]3[C@@H]4C[C@H](F)C5=CC(=O)C=C[C@]5(C)[C@@]4(F)[C@@H](O)C[C@]3(C)[C@]2(C(=O)CO)CN1Cc1ccccc1. The number of hydrogen-bond donors (Lipinski definition) is 2. The predicted octanol–water partition coefficient (Wildman–Crippen LogP) is 3.53. The highest BCUT2D eigenvalue weighted by atomic mass is 19.1. The Bertz CT molecular complexity index is 1370. The molecule has 4 fully saturated rings. The fraction of sp³-hybridized carbons (Fsp3) is 0.606. The average Bonchev–Trinajstić information content (AvgIpc) is 3.41. The molecule has 4 aliphatic carbocycles. The number of fused-ring (bicyclic) bond motifs is 7. The summed E-state index contributed by atoms with van der Waals surface area (Å²) in [5.41, 5.74) is -5.20. The number of nitrogens with zero attached hydrogens (tertiary/aromatic N) is 1. The number of esters is 1. The number of ketones is 2. The second kappa shape index (κ2) is 9.89. The van der Waals surface area contributed by atoms with E-state index >= 15 is 8.78 Å². The molecule has 1 aromatic carbocycles. The summed E-state index contributed by atoms with van der Waals surface area (Å²) in [6.45, 7) is 4.96. The summed E-state index contributed by atoms with van der Waals surface area (Å²) in [7, 11) is 0. The third-order valence-corrected chi connectivity index (χ3v) is 11.8. The predicted molar refractivity (Wildman–Crippen MR) is 149 cm³/mol. The van der Waals surface area contributed by atoms with E-state index in [0.29, 0.717) is 6.54 Å². The van der Waals surface area contributed by atoms with Gasteiger partial charge in [-0.15, -0.1) is 0 Å². The van der Waals surface area contributed by atoms with Crippen LogP contribution in [0, 0.1) is 34.0 Å². The van der Waals surface area contributed by atoms with Crippen LogP contribution in [0.2, 0.25) is 0 Å². The van der Waals surface area contributed by atoms with Crippen LogP contribution in [-0.4, -0.2) is 76.4 Å². The highest BCUT2D eigenvalue weighted by Gasteiger charge is 2.79. The minimum atomic E-state index is -2.30. The number of benzene rings is 1. The van der Waals surface area contributed by atoms with Gasteiger partial charge in [0.2, 0.25) is 0 Å². The summed E-state index contributed by atoms with van der Waals surface area (Å²) in [4.78, 5) is 41.7. The standard InChI is InChI=1S/C33H39F2NO6/c1-4-42-29(41)28-24-13-21-22-14-25(34)23-12-20(38)10-11-30(23,2)33(22,35)26(39)15-31(21,3)32(24,27(40)17-37)18-36(28)16-19-8-6-5-7-9-19/h5-12,21-22,24-26,28,37,39H,4,13-18H2,1-3H3/t21-,22-,24-,25-,26-,28?,30-,31-,32+,33-/m0/s1. The van der Waals surface area contributed by atoms with Gasteiger partial charge < -0.3 is 14.9 Å². The molecule has 5 aliphatic rings. The molecule has 6 rings (SSSR count). The Morgan fingerprint density at radius 2 is 1.83 bits per heavy atom. The van der Waals surface area contributed by atoms with Gasteiger partial charge >= 0.3 is 5.97 Å². The van der Waals surface area contributed by atoms with Crippen molar-refractivity contribution in [2.75, 3.05) is 19.8 Å². The fourth-order valence-corrected chi connectivity index (χ4v) is 10.0. The lowest BCUT2D eigenvalue weighted by Crippen LogP contribution is -2.69. The molecular formula is C33H39F2NO6. The molecule has 0 bridgehead atoms. The maximum absolute atomic E-state index is 17.7. The van der Waals surface area contributed by atoms with Gasteiger partial charge in [-0.3, -0.25) is 19.3 Å². The van der Waals surface area contributed by atoms with E-state index in [4.69, 9.17) is 4.74 Å². The van der Waals surface area contributed by atoms with Crippen molar-refractivity contribution in [2.45, 2.75) is 70.6 Å². The molecule has 1 saturated heterocycles. The van der Waals surface area contributed by atoms with E-state index in [2.05, 4.69) is 0 Å². The molecule has 0 radical (unpaired) electrons. The highest BCUT2D eigenvalue weighted by Crippen LogP contribution is 2.75. The Kier molecular flexibility index (Phi) is 6.91.